The van der Waals surface area contributed by atoms with E-state index in [2.05, 4.69) is 10.3 Å². The van der Waals surface area contributed by atoms with Crippen LogP contribution in [0, 0.1) is 6.92 Å². The van der Waals surface area contributed by atoms with Gasteiger partial charge in [-0.15, -0.1) is 11.3 Å². The molecule has 6 nitrogen and oxygen atoms in total. The van der Waals surface area contributed by atoms with E-state index in [0.717, 1.165) is 30.9 Å². The molecule has 2 atom stereocenters. The highest BCUT2D eigenvalue weighted by atomic mass is 32.1. The molecule has 0 bridgehead atoms. The van der Waals surface area contributed by atoms with Crippen LogP contribution in [0.25, 0.3) is 0 Å². The highest BCUT2D eigenvalue weighted by Gasteiger charge is 2.45. The van der Waals surface area contributed by atoms with E-state index >= 15 is 0 Å². The number of anilines is 1. The minimum atomic E-state index is -0.236. The summed E-state index contributed by atoms with van der Waals surface area (Å²) >= 11 is 1.60. The molecule has 0 aromatic carbocycles. The van der Waals surface area contributed by atoms with Crippen LogP contribution in [-0.4, -0.2) is 47.1 Å². The van der Waals surface area contributed by atoms with Gasteiger partial charge in [-0.25, -0.2) is 4.98 Å². The van der Waals surface area contributed by atoms with E-state index < -0.39 is 0 Å². The summed E-state index contributed by atoms with van der Waals surface area (Å²) < 4.78 is 11.4. The fraction of sp³-hybridized carbons (Fsp3) is 0.529. The first-order valence-electron chi connectivity index (χ1n) is 8.29. The van der Waals surface area contributed by atoms with Gasteiger partial charge in [-0.2, -0.15) is 0 Å². The van der Waals surface area contributed by atoms with Gasteiger partial charge in [-0.05, 0) is 25.8 Å². The van der Waals surface area contributed by atoms with Gasteiger partial charge in [0.1, 0.15) is 5.76 Å². The van der Waals surface area contributed by atoms with E-state index in [1.165, 1.54) is 0 Å². The summed E-state index contributed by atoms with van der Waals surface area (Å²) in [5, 5.41) is 6.33. The Morgan fingerprint density at radius 2 is 2.46 bits per heavy atom. The number of furan rings is 1. The van der Waals surface area contributed by atoms with Crippen molar-refractivity contribution in [3.8, 4) is 0 Å². The number of rotatable bonds is 3. The topological polar surface area (TPSA) is 67.6 Å². The lowest BCUT2D eigenvalue weighted by Gasteiger charge is -2.39. The van der Waals surface area contributed by atoms with Gasteiger partial charge >= 0.3 is 0 Å². The van der Waals surface area contributed by atoms with Crippen LogP contribution >= 0.6 is 11.3 Å². The van der Waals surface area contributed by atoms with E-state index in [0.29, 0.717) is 24.5 Å². The van der Waals surface area contributed by atoms with E-state index in [-0.39, 0.29) is 17.6 Å². The molecule has 1 amide bonds. The highest BCUT2D eigenvalue weighted by molar-refractivity contribution is 7.13. The zero-order valence-electron chi connectivity index (χ0n) is 13.7. The number of piperidine rings is 1. The number of amides is 1. The number of likely N-dealkylation sites (tertiary alicyclic amines) is 1. The number of nitrogens with zero attached hydrogens (tertiary/aromatic N) is 2. The Morgan fingerprint density at radius 3 is 3.21 bits per heavy atom. The SMILES string of the molecule is Cc1occc1C(=O)N1CCC[C@@]2(C[C@@H](Nc3nccs3)CO2)C1. The Bertz CT molecular complexity index is 714. The van der Waals surface area contributed by atoms with Gasteiger partial charge in [0, 0.05) is 24.5 Å². The molecule has 2 aliphatic rings. The largest absolute Gasteiger partial charge is 0.469 e. The van der Waals surface area contributed by atoms with Gasteiger partial charge in [0.25, 0.3) is 5.91 Å². The summed E-state index contributed by atoms with van der Waals surface area (Å²) in [5.41, 5.74) is 0.419. The van der Waals surface area contributed by atoms with Crippen LogP contribution in [0.15, 0.2) is 28.3 Å². The number of carbonyl (C=O) groups excluding carboxylic acids is 1. The van der Waals surface area contributed by atoms with Crippen LogP contribution < -0.4 is 5.32 Å². The maximum atomic E-state index is 12.7. The molecule has 2 aromatic rings. The molecule has 7 heteroatoms. The number of ether oxygens (including phenoxy) is 1. The van der Waals surface area contributed by atoms with Crippen molar-refractivity contribution < 1.29 is 13.9 Å². The third-order valence-electron chi connectivity index (χ3n) is 4.88. The van der Waals surface area contributed by atoms with Crippen molar-refractivity contribution in [2.45, 2.75) is 37.8 Å². The quantitative estimate of drug-likeness (QED) is 0.925. The van der Waals surface area contributed by atoms with Gasteiger partial charge in [-0.3, -0.25) is 4.79 Å². The molecule has 4 heterocycles. The zero-order chi connectivity index (χ0) is 16.6. The molecule has 2 saturated heterocycles. The van der Waals surface area contributed by atoms with E-state index in [4.69, 9.17) is 9.15 Å². The van der Waals surface area contributed by atoms with Gasteiger partial charge in [0.15, 0.2) is 5.13 Å². The minimum Gasteiger partial charge on any atom is -0.469 e. The maximum absolute atomic E-state index is 12.7. The Balaban J connectivity index is 1.43. The van der Waals surface area contributed by atoms with Gasteiger partial charge in [-0.1, -0.05) is 0 Å². The third kappa shape index (κ3) is 2.93. The summed E-state index contributed by atoms with van der Waals surface area (Å²) in [6, 6.07) is 2.00. The van der Waals surface area contributed by atoms with Gasteiger partial charge in [0.05, 0.1) is 36.6 Å². The Morgan fingerprint density at radius 1 is 1.54 bits per heavy atom. The van der Waals surface area contributed by atoms with Crippen molar-refractivity contribution in [2.24, 2.45) is 0 Å². The van der Waals surface area contributed by atoms with Crippen molar-refractivity contribution in [1.29, 1.82) is 0 Å². The molecular weight excluding hydrogens is 326 g/mol. The summed E-state index contributed by atoms with van der Waals surface area (Å²) in [6.45, 7) is 3.91. The number of aromatic nitrogens is 1. The monoisotopic (exact) mass is 347 g/mol. The lowest BCUT2D eigenvalue weighted by molar-refractivity contribution is -0.0447. The summed E-state index contributed by atoms with van der Waals surface area (Å²) in [4.78, 5) is 18.9. The Kier molecular flexibility index (Phi) is 4.05. The molecule has 4 rings (SSSR count). The Labute approximate surface area is 144 Å². The molecule has 0 radical (unpaired) electrons. The third-order valence-corrected chi connectivity index (χ3v) is 5.59. The second-order valence-corrected chi connectivity index (χ2v) is 7.49. The normalized spacial score (nSPS) is 26.9. The molecule has 2 aromatic heterocycles. The first-order valence-corrected chi connectivity index (χ1v) is 9.17. The number of hydrogen-bond donors (Lipinski definition) is 1. The van der Waals surface area contributed by atoms with Crippen LogP contribution in [0.4, 0.5) is 5.13 Å². The number of nitrogens with one attached hydrogen (secondary N) is 1. The molecule has 1 spiro atoms. The van der Waals surface area contributed by atoms with Crippen molar-refractivity contribution in [3.05, 3.63) is 35.2 Å². The number of aryl methyl sites for hydroxylation is 1. The smallest absolute Gasteiger partial charge is 0.257 e. The lowest BCUT2D eigenvalue weighted by Crippen LogP contribution is -2.50. The van der Waals surface area contributed by atoms with Gasteiger partial charge in [0.2, 0.25) is 0 Å². The first-order chi connectivity index (χ1) is 11.7. The second-order valence-electron chi connectivity index (χ2n) is 6.60. The average Bonchev–Trinajstić information content (AvgIpc) is 3.30. The van der Waals surface area contributed by atoms with Crippen molar-refractivity contribution >= 4 is 22.4 Å². The number of carbonyl (C=O) groups is 1. The van der Waals surface area contributed by atoms with Crippen molar-refractivity contribution in [3.63, 3.8) is 0 Å². The second kappa shape index (κ2) is 6.22. The Hall–Kier alpha value is -1.86. The van der Waals surface area contributed by atoms with E-state index in [1.54, 1.807) is 29.9 Å². The summed E-state index contributed by atoms with van der Waals surface area (Å²) in [6.07, 6.45) is 6.24. The lowest BCUT2D eigenvalue weighted by atomic mass is 9.88. The minimum absolute atomic E-state index is 0.0419. The predicted molar refractivity (Wildman–Crippen MR) is 91.4 cm³/mol. The van der Waals surface area contributed by atoms with Crippen LogP contribution in [0.3, 0.4) is 0 Å². The molecule has 1 N–H and O–H groups in total. The van der Waals surface area contributed by atoms with Crippen LogP contribution in [-0.2, 0) is 4.74 Å². The summed E-state index contributed by atoms with van der Waals surface area (Å²) in [5.74, 6) is 0.718. The molecular formula is C17H21N3O3S. The maximum Gasteiger partial charge on any atom is 0.257 e. The van der Waals surface area contributed by atoms with Crippen LogP contribution in [0.1, 0.15) is 35.4 Å². The van der Waals surface area contributed by atoms with Crippen LogP contribution in [0.2, 0.25) is 0 Å². The molecule has 0 saturated carbocycles. The molecule has 0 aliphatic carbocycles. The zero-order valence-corrected chi connectivity index (χ0v) is 14.5. The number of hydrogen-bond acceptors (Lipinski definition) is 6. The fourth-order valence-corrected chi connectivity index (χ4v) is 4.35. The van der Waals surface area contributed by atoms with E-state index in [9.17, 15) is 4.79 Å². The number of thiazole rings is 1. The van der Waals surface area contributed by atoms with Crippen molar-refractivity contribution in [2.75, 3.05) is 25.0 Å². The predicted octanol–water partition coefficient (Wildman–Crippen LogP) is 2.92. The molecule has 128 valence electrons. The molecule has 0 unspecified atom stereocenters. The first kappa shape index (κ1) is 15.7. The van der Waals surface area contributed by atoms with Gasteiger partial charge < -0.3 is 19.4 Å². The summed E-state index contributed by atoms with van der Waals surface area (Å²) in [7, 11) is 0. The molecule has 2 aliphatic heterocycles. The molecule has 2 fully saturated rings. The standard InChI is InChI=1S/C17H21N3O3S/c1-12-14(3-7-22-12)15(21)20-6-2-4-17(11-20)9-13(10-23-17)19-16-18-5-8-24-16/h3,5,7-8,13H,2,4,6,9-11H2,1H3,(H,18,19)/t13-,17-/m1/s1. The van der Waals surface area contributed by atoms with E-state index in [1.807, 2.05) is 17.2 Å². The van der Waals surface area contributed by atoms with Crippen LogP contribution in [0.5, 0.6) is 0 Å². The average molecular weight is 347 g/mol. The fourth-order valence-electron chi connectivity index (χ4n) is 3.74. The highest BCUT2D eigenvalue weighted by Crippen LogP contribution is 2.36. The van der Waals surface area contributed by atoms with Crippen molar-refractivity contribution in [1.82, 2.24) is 9.88 Å². The molecule has 24 heavy (non-hydrogen) atoms.